The Morgan fingerprint density at radius 3 is 2.71 bits per heavy atom. The number of fused-ring (bicyclic) bond motifs is 1. The van der Waals surface area contributed by atoms with Crippen molar-refractivity contribution in [2.45, 2.75) is 6.92 Å². The number of methoxy groups -OCH3 is 1. The summed E-state index contributed by atoms with van der Waals surface area (Å²) in [5.41, 5.74) is 2.20. The van der Waals surface area contributed by atoms with Crippen LogP contribution in [0.25, 0.3) is 0 Å². The standard InChI is InChI=1S/C20H17ClN2O4S/c1-11-13(21)7-5-9-14(11)22-16(24)10-28-19-17(20(26)27-2)18(25)12-6-3-4-8-15(12)23-19/h3-9,17H,10H2,1-2H3,(H,22,24). The molecule has 2 aromatic rings. The number of hydrogen-bond acceptors (Lipinski definition) is 6. The second kappa shape index (κ2) is 8.58. The molecule has 1 amide bonds. The van der Waals surface area contributed by atoms with Crippen molar-refractivity contribution in [3.8, 4) is 0 Å². The number of benzene rings is 2. The van der Waals surface area contributed by atoms with Gasteiger partial charge in [0, 0.05) is 16.3 Å². The number of Topliss-reactive ketones (excluding diaryl/α,β-unsaturated/α-hetero) is 1. The Morgan fingerprint density at radius 2 is 1.96 bits per heavy atom. The first-order valence-corrected chi connectivity index (χ1v) is 9.76. The minimum atomic E-state index is -1.16. The summed E-state index contributed by atoms with van der Waals surface area (Å²) in [6.07, 6.45) is 0. The molecule has 0 bridgehead atoms. The Bertz CT molecular complexity index is 990. The Hall–Kier alpha value is -2.64. The largest absolute Gasteiger partial charge is 0.468 e. The van der Waals surface area contributed by atoms with Gasteiger partial charge < -0.3 is 10.1 Å². The summed E-state index contributed by atoms with van der Waals surface area (Å²) in [7, 11) is 1.22. The monoisotopic (exact) mass is 416 g/mol. The van der Waals surface area contributed by atoms with Crippen molar-refractivity contribution in [3.05, 3.63) is 58.6 Å². The van der Waals surface area contributed by atoms with Crippen LogP contribution in [-0.2, 0) is 14.3 Å². The number of carbonyl (C=O) groups is 3. The lowest BCUT2D eigenvalue weighted by Gasteiger charge is -2.21. The fourth-order valence-electron chi connectivity index (χ4n) is 2.74. The number of anilines is 1. The lowest BCUT2D eigenvalue weighted by molar-refractivity contribution is -0.141. The Kier molecular flexibility index (Phi) is 6.16. The van der Waals surface area contributed by atoms with Crippen LogP contribution in [0.15, 0.2) is 47.5 Å². The number of ether oxygens (including phenoxy) is 1. The number of halogens is 1. The smallest absolute Gasteiger partial charge is 0.323 e. The maximum absolute atomic E-state index is 12.7. The zero-order valence-electron chi connectivity index (χ0n) is 15.2. The summed E-state index contributed by atoms with van der Waals surface area (Å²) in [5, 5.41) is 3.57. The molecular weight excluding hydrogens is 400 g/mol. The number of hydrogen-bond donors (Lipinski definition) is 1. The number of amides is 1. The number of ketones is 1. The van der Waals surface area contributed by atoms with E-state index in [1.54, 1.807) is 49.4 Å². The third kappa shape index (κ3) is 4.10. The van der Waals surface area contributed by atoms with Crippen LogP contribution in [0.4, 0.5) is 11.4 Å². The molecule has 1 aliphatic rings. The first-order chi connectivity index (χ1) is 13.4. The number of esters is 1. The van der Waals surface area contributed by atoms with E-state index >= 15 is 0 Å². The van der Waals surface area contributed by atoms with Gasteiger partial charge in [-0.05, 0) is 36.8 Å². The Labute approximate surface area is 171 Å². The summed E-state index contributed by atoms with van der Waals surface area (Å²) < 4.78 is 4.77. The van der Waals surface area contributed by atoms with Gasteiger partial charge in [0.15, 0.2) is 11.7 Å². The summed E-state index contributed by atoms with van der Waals surface area (Å²) in [6.45, 7) is 1.80. The number of aliphatic imine (C=N–C) groups is 1. The predicted molar refractivity (Wildman–Crippen MR) is 111 cm³/mol. The van der Waals surface area contributed by atoms with Gasteiger partial charge in [0.1, 0.15) is 0 Å². The lowest BCUT2D eigenvalue weighted by Crippen LogP contribution is -2.34. The van der Waals surface area contributed by atoms with E-state index in [-0.39, 0.29) is 22.5 Å². The molecule has 0 aliphatic carbocycles. The average Bonchev–Trinajstić information content (AvgIpc) is 2.69. The highest BCUT2D eigenvalue weighted by Crippen LogP contribution is 2.33. The highest BCUT2D eigenvalue weighted by atomic mass is 35.5. The van der Waals surface area contributed by atoms with Crippen molar-refractivity contribution in [1.29, 1.82) is 0 Å². The van der Waals surface area contributed by atoms with Gasteiger partial charge in [-0.15, -0.1) is 0 Å². The second-order valence-electron chi connectivity index (χ2n) is 6.04. The normalized spacial score (nSPS) is 15.5. The molecule has 2 aromatic carbocycles. The predicted octanol–water partition coefficient (Wildman–Crippen LogP) is 4.04. The maximum atomic E-state index is 12.7. The van der Waals surface area contributed by atoms with Gasteiger partial charge in [-0.1, -0.05) is 41.6 Å². The van der Waals surface area contributed by atoms with Crippen LogP contribution in [-0.4, -0.2) is 35.6 Å². The summed E-state index contributed by atoms with van der Waals surface area (Å²) in [6, 6.07) is 12.0. The Morgan fingerprint density at radius 1 is 1.21 bits per heavy atom. The molecule has 1 unspecified atom stereocenters. The molecule has 28 heavy (non-hydrogen) atoms. The van der Waals surface area contributed by atoms with Crippen molar-refractivity contribution in [1.82, 2.24) is 0 Å². The van der Waals surface area contributed by atoms with E-state index in [0.717, 1.165) is 17.3 Å². The van der Waals surface area contributed by atoms with Crippen LogP contribution >= 0.6 is 23.4 Å². The molecule has 0 aromatic heterocycles. The van der Waals surface area contributed by atoms with E-state index in [9.17, 15) is 14.4 Å². The van der Waals surface area contributed by atoms with Gasteiger partial charge in [-0.2, -0.15) is 0 Å². The molecule has 0 radical (unpaired) electrons. The SMILES string of the molecule is COC(=O)C1C(=O)c2ccccc2N=C1SCC(=O)Nc1cccc(Cl)c1C. The van der Waals surface area contributed by atoms with Gasteiger partial charge in [0.05, 0.1) is 23.6 Å². The van der Waals surface area contributed by atoms with Crippen LogP contribution in [0, 0.1) is 12.8 Å². The molecule has 1 N–H and O–H groups in total. The van der Waals surface area contributed by atoms with Crippen molar-refractivity contribution in [3.63, 3.8) is 0 Å². The van der Waals surface area contributed by atoms with E-state index in [1.807, 2.05) is 0 Å². The van der Waals surface area contributed by atoms with E-state index in [1.165, 1.54) is 7.11 Å². The molecule has 0 saturated heterocycles. The van der Waals surface area contributed by atoms with E-state index in [0.29, 0.717) is 22.0 Å². The number of thioether (sulfide) groups is 1. The van der Waals surface area contributed by atoms with Crippen LogP contribution < -0.4 is 5.32 Å². The molecule has 1 heterocycles. The zero-order chi connectivity index (χ0) is 20.3. The number of rotatable bonds is 4. The molecule has 6 nitrogen and oxygen atoms in total. The molecule has 0 spiro atoms. The van der Waals surface area contributed by atoms with E-state index in [2.05, 4.69) is 10.3 Å². The summed E-state index contributed by atoms with van der Waals surface area (Å²) in [5.74, 6) is -2.56. The molecule has 3 rings (SSSR count). The fourth-order valence-corrected chi connectivity index (χ4v) is 3.80. The van der Waals surface area contributed by atoms with Crippen LogP contribution in [0.3, 0.4) is 0 Å². The number of para-hydroxylation sites is 1. The minimum Gasteiger partial charge on any atom is -0.468 e. The minimum absolute atomic E-state index is 0.0201. The molecule has 1 aliphatic heterocycles. The third-order valence-electron chi connectivity index (χ3n) is 4.24. The number of nitrogens with zero attached hydrogens (tertiary/aromatic N) is 1. The topological polar surface area (TPSA) is 84.8 Å². The molecule has 8 heteroatoms. The fraction of sp³-hybridized carbons (Fsp3) is 0.200. The highest BCUT2D eigenvalue weighted by Gasteiger charge is 2.38. The number of nitrogens with one attached hydrogen (secondary N) is 1. The molecular formula is C20H17ClN2O4S. The lowest BCUT2D eigenvalue weighted by atomic mass is 9.94. The van der Waals surface area contributed by atoms with Crippen molar-refractivity contribution < 1.29 is 19.1 Å². The molecule has 0 fully saturated rings. The van der Waals surface area contributed by atoms with Gasteiger partial charge >= 0.3 is 5.97 Å². The first kappa shape index (κ1) is 20.1. The molecule has 1 atom stereocenters. The third-order valence-corrected chi connectivity index (χ3v) is 5.68. The zero-order valence-corrected chi connectivity index (χ0v) is 16.8. The van der Waals surface area contributed by atoms with Crippen LogP contribution in [0.2, 0.25) is 5.02 Å². The second-order valence-corrected chi connectivity index (χ2v) is 7.44. The first-order valence-electron chi connectivity index (χ1n) is 8.39. The quantitative estimate of drug-likeness (QED) is 0.600. The average molecular weight is 417 g/mol. The van der Waals surface area contributed by atoms with Crippen molar-refractivity contribution in [2.75, 3.05) is 18.2 Å². The van der Waals surface area contributed by atoms with Crippen molar-refractivity contribution in [2.24, 2.45) is 10.9 Å². The molecule has 0 saturated carbocycles. The van der Waals surface area contributed by atoms with E-state index < -0.39 is 11.9 Å². The Balaban J connectivity index is 1.78. The van der Waals surface area contributed by atoms with Gasteiger partial charge in [0.25, 0.3) is 0 Å². The molecule has 144 valence electrons. The summed E-state index contributed by atoms with van der Waals surface area (Å²) in [4.78, 5) is 41.7. The van der Waals surface area contributed by atoms with Crippen LogP contribution in [0.5, 0.6) is 0 Å². The summed E-state index contributed by atoms with van der Waals surface area (Å²) >= 11 is 7.10. The van der Waals surface area contributed by atoms with Gasteiger partial charge in [-0.3, -0.25) is 14.4 Å². The van der Waals surface area contributed by atoms with E-state index in [4.69, 9.17) is 16.3 Å². The van der Waals surface area contributed by atoms with Crippen LogP contribution in [0.1, 0.15) is 15.9 Å². The highest BCUT2D eigenvalue weighted by molar-refractivity contribution is 8.14. The number of carbonyl (C=O) groups excluding carboxylic acids is 3. The maximum Gasteiger partial charge on any atom is 0.323 e. The van der Waals surface area contributed by atoms with Crippen molar-refractivity contribution >= 4 is 57.4 Å². The van der Waals surface area contributed by atoms with Gasteiger partial charge in [-0.25, -0.2) is 4.99 Å². The van der Waals surface area contributed by atoms with Gasteiger partial charge in [0.2, 0.25) is 5.91 Å².